The van der Waals surface area contributed by atoms with Crippen molar-refractivity contribution in [3.8, 4) is 0 Å². The van der Waals surface area contributed by atoms with Crippen LogP contribution in [0.1, 0.15) is 27.2 Å². The van der Waals surface area contributed by atoms with Crippen molar-refractivity contribution in [3.63, 3.8) is 0 Å². The van der Waals surface area contributed by atoms with Gasteiger partial charge in [-0.2, -0.15) is 0 Å². The average Bonchev–Trinajstić information content (AvgIpc) is 2.03. The minimum absolute atomic E-state index is 0.354. The average molecular weight is 174 g/mol. The van der Waals surface area contributed by atoms with Gasteiger partial charge in [-0.1, -0.05) is 6.92 Å². The molecule has 0 heterocycles. The van der Waals surface area contributed by atoms with Gasteiger partial charge in [0.15, 0.2) is 0 Å². The molecule has 0 aromatic rings. The molecule has 0 aliphatic rings. The molecule has 0 fully saturated rings. The highest BCUT2D eigenvalue weighted by atomic mass is 16.3. The zero-order valence-electron chi connectivity index (χ0n) is 8.45. The van der Waals surface area contributed by atoms with Crippen LogP contribution in [0.5, 0.6) is 0 Å². The Hall–Kier alpha value is -0.120. The second-order valence-corrected chi connectivity index (χ2v) is 3.48. The maximum atomic E-state index is 9.34. The highest BCUT2D eigenvalue weighted by molar-refractivity contribution is 4.67. The molecule has 0 aliphatic carbocycles. The van der Waals surface area contributed by atoms with Crippen molar-refractivity contribution in [2.45, 2.75) is 39.3 Å². The van der Waals surface area contributed by atoms with Crippen LogP contribution >= 0.6 is 0 Å². The minimum Gasteiger partial charge on any atom is -0.390 e. The van der Waals surface area contributed by atoms with E-state index in [1.807, 2.05) is 0 Å². The van der Waals surface area contributed by atoms with E-state index in [0.29, 0.717) is 19.1 Å². The van der Waals surface area contributed by atoms with Gasteiger partial charge in [0.2, 0.25) is 0 Å². The molecule has 0 rings (SSSR count). The first-order valence-electron chi connectivity index (χ1n) is 4.74. The number of aliphatic hydroxyl groups excluding tert-OH is 1. The van der Waals surface area contributed by atoms with Crippen molar-refractivity contribution in [2.24, 2.45) is 5.73 Å². The zero-order chi connectivity index (χ0) is 9.56. The first kappa shape index (κ1) is 11.9. The quantitative estimate of drug-likeness (QED) is 0.614. The molecule has 0 aromatic heterocycles. The predicted molar refractivity (Wildman–Crippen MR) is 52.1 cm³/mol. The van der Waals surface area contributed by atoms with Gasteiger partial charge in [-0.15, -0.1) is 0 Å². The summed E-state index contributed by atoms with van der Waals surface area (Å²) in [4.78, 5) is 2.25. The summed E-state index contributed by atoms with van der Waals surface area (Å²) in [5.41, 5.74) is 5.34. The summed E-state index contributed by atoms with van der Waals surface area (Å²) in [6, 6.07) is 0.492. The fourth-order valence-corrected chi connectivity index (χ4v) is 1.19. The molecule has 1 atom stereocenters. The molecular weight excluding hydrogens is 152 g/mol. The van der Waals surface area contributed by atoms with Crippen LogP contribution in [-0.4, -0.2) is 41.8 Å². The number of hydrogen-bond acceptors (Lipinski definition) is 3. The molecule has 1 unspecified atom stereocenters. The van der Waals surface area contributed by atoms with Crippen molar-refractivity contribution >= 4 is 0 Å². The van der Waals surface area contributed by atoms with E-state index in [1.54, 1.807) is 0 Å². The predicted octanol–water partition coefficient (Wildman–Crippen LogP) is 0.426. The second-order valence-electron chi connectivity index (χ2n) is 3.48. The maximum absolute atomic E-state index is 9.34. The van der Waals surface area contributed by atoms with E-state index in [-0.39, 0.29) is 6.10 Å². The van der Waals surface area contributed by atoms with E-state index in [4.69, 9.17) is 5.73 Å². The van der Waals surface area contributed by atoms with Gasteiger partial charge in [-0.05, 0) is 26.8 Å². The lowest BCUT2D eigenvalue weighted by molar-refractivity contribution is 0.101. The van der Waals surface area contributed by atoms with Crippen molar-refractivity contribution in [3.05, 3.63) is 0 Å². The Balaban J connectivity index is 3.77. The molecule has 0 bridgehead atoms. The van der Waals surface area contributed by atoms with Crippen LogP contribution in [0.2, 0.25) is 0 Å². The zero-order valence-corrected chi connectivity index (χ0v) is 8.45. The Bertz CT molecular complexity index is 107. The van der Waals surface area contributed by atoms with Gasteiger partial charge in [-0.3, -0.25) is 4.90 Å². The normalized spacial score (nSPS) is 14.2. The molecule has 0 aromatic carbocycles. The van der Waals surface area contributed by atoms with Gasteiger partial charge < -0.3 is 10.8 Å². The summed E-state index contributed by atoms with van der Waals surface area (Å²) in [6.07, 6.45) is 0.745. The molecule has 3 heteroatoms. The molecule has 12 heavy (non-hydrogen) atoms. The van der Waals surface area contributed by atoms with Crippen molar-refractivity contribution in [2.75, 3.05) is 19.6 Å². The van der Waals surface area contributed by atoms with Gasteiger partial charge in [0, 0.05) is 19.1 Å². The summed E-state index contributed by atoms with van der Waals surface area (Å²) in [6.45, 7) is 8.51. The van der Waals surface area contributed by atoms with E-state index in [0.717, 1.165) is 13.0 Å². The van der Waals surface area contributed by atoms with Gasteiger partial charge in [0.25, 0.3) is 0 Å². The molecule has 3 N–H and O–H groups in total. The lowest BCUT2D eigenvalue weighted by Gasteiger charge is -2.27. The van der Waals surface area contributed by atoms with Crippen LogP contribution in [0.3, 0.4) is 0 Å². The van der Waals surface area contributed by atoms with Crippen LogP contribution in [-0.2, 0) is 0 Å². The summed E-state index contributed by atoms with van der Waals surface area (Å²) >= 11 is 0. The molecule has 0 spiro atoms. The third kappa shape index (κ3) is 4.70. The standard InChI is InChI=1S/C9H22N2O/c1-4-5-11(8(2)3)7-9(12)6-10/h8-9,12H,4-7,10H2,1-3H3. The largest absolute Gasteiger partial charge is 0.390 e. The monoisotopic (exact) mass is 174 g/mol. The molecule has 0 saturated heterocycles. The Morgan fingerprint density at radius 3 is 2.33 bits per heavy atom. The number of nitrogens with zero attached hydrogens (tertiary/aromatic N) is 1. The summed E-state index contributed by atoms with van der Waals surface area (Å²) in [5.74, 6) is 0. The molecule has 0 saturated carbocycles. The van der Waals surface area contributed by atoms with E-state index in [9.17, 15) is 5.11 Å². The Kier molecular flexibility index (Phi) is 6.34. The summed E-state index contributed by atoms with van der Waals surface area (Å²) < 4.78 is 0. The first-order valence-corrected chi connectivity index (χ1v) is 4.74. The molecule has 0 amide bonds. The SMILES string of the molecule is CCCN(CC(O)CN)C(C)C. The summed E-state index contributed by atoms with van der Waals surface area (Å²) in [7, 11) is 0. The van der Waals surface area contributed by atoms with Gasteiger partial charge >= 0.3 is 0 Å². The highest BCUT2D eigenvalue weighted by Gasteiger charge is 2.11. The Morgan fingerprint density at radius 2 is 2.00 bits per heavy atom. The summed E-state index contributed by atoms with van der Waals surface area (Å²) in [5, 5.41) is 9.34. The van der Waals surface area contributed by atoms with Crippen LogP contribution in [0.15, 0.2) is 0 Å². The number of nitrogens with two attached hydrogens (primary N) is 1. The van der Waals surface area contributed by atoms with Gasteiger partial charge in [0.05, 0.1) is 6.10 Å². The Morgan fingerprint density at radius 1 is 1.42 bits per heavy atom. The second kappa shape index (κ2) is 6.40. The fraction of sp³-hybridized carbons (Fsp3) is 1.00. The number of rotatable bonds is 6. The maximum Gasteiger partial charge on any atom is 0.0789 e. The first-order chi connectivity index (χ1) is 5.61. The lowest BCUT2D eigenvalue weighted by Crippen LogP contribution is -2.40. The van der Waals surface area contributed by atoms with E-state index >= 15 is 0 Å². The molecule has 74 valence electrons. The molecular formula is C9H22N2O. The topological polar surface area (TPSA) is 49.5 Å². The van der Waals surface area contributed by atoms with E-state index in [2.05, 4.69) is 25.7 Å². The van der Waals surface area contributed by atoms with E-state index < -0.39 is 0 Å². The number of aliphatic hydroxyl groups is 1. The fourth-order valence-electron chi connectivity index (χ4n) is 1.19. The van der Waals surface area contributed by atoms with Crippen LogP contribution in [0, 0.1) is 0 Å². The van der Waals surface area contributed by atoms with Gasteiger partial charge in [-0.25, -0.2) is 0 Å². The third-order valence-electron chi connectivity index (χ3n) is 1.96. The van der Waals surface area contributed by atoms with Crippen LogP contribution in [0.25, 0.3) is 0 Å². The van der Waals surface area contributed by atoms with Gasteiger partial charge in [0.1, 0.15) is 0 Å². The smallest absolute Gasteiger partial charge is 0.0789 e. The molecule has 3 nitrogen and oxygen atoms in total. The van der Waals surface area contributed by atoms with E-state index in [1.165, 1.54) is 0 Å². The Labute approximate surface area is 75.6 Å². The third-order valence-corrected chi connectivity index (χ3v) is 1.96. The lowest BCUT2D eigenvalue weighted by atomic mass is 10.2. The van der Waals surface area contributed by atoms with Crippen molar-refractivity contribution < 1.29 is 5.11 Å². The van der Waals surface area contributed by atoms with Crippen LogP contribution in [0.4, 0.5) is 0 Å². The molecule has 0 aliphatic heterocycles. The van der Waals surface area contributed by atoms with Crippen molar-refractivity contribution in [1.29, 1.82) is 0 Å². The van der Waals surface area contributed by atoms with Crippen LogP contribution < -0.4 is 5.73 Å². The number of hydrogen-bond donors (Lipinski definition) is 2. The minimum atomic E-state index is -0.376. The highest BCUT2D eigenvalue weighted by Crippen LogP contribution is 2.00. The molecule has 0 radical (unpaired) electrons. The van der Waals surface area contributed by atoms with Crippen molar-refractivity contribution in [1.82, 2.24) is 4.90 Å².